The molecule has 0 radical (unpaired) electrons. The minimum Gasteiger partial charge on any atom is -0.493 e. The maximum atomic E-state index is 11.9. The topological polar surface area (TPSA) is 103 Å². The molecule has 0 aliphatic carbocycles. The van der Waals surface area contributed by atoms with Crippen LogP contribution in [0.25, 0.3) is 6.08 Å². The van der Waals surface area contributed by atoms with Crippen LogP contribution < -0.4 is 24.8 Å². The lowest BCUT2D eigenvalue weighted by atomic mass is 10.1. The SMILES string of the molecule is C=CCc1ccccc1OCCOc1c(Br)cc(C=C2C(=O)NC(=O)NC2=O)cc1OC. The van der Waals surface area contributed by atoms with E-state index in [1.807, 2.05) is 41.0 Å². The molecule has 1 aliphatic rings. The minimum absolute atomic E-state index is 0.196. The van der Waals surface area contributed by atoms with Crippen molar-refractivity contribution in [2.45, 2.75) is 6.42 Å². The smallest absolute Gasteiger partial charge is 0.328 e. The summed E-state index contributed by atoms with van der Waals surface area (Å²) in [5.74, 6) is 0.0638. The van der Waals surface area contributed by atoms with Crippen molar-refractivity contribution in [3.05, 3.63) is 70.2 Å². The van der Waals surface area contributed by atoms with E-state index in [2.05, 4.69) is 22.5 Å². The Morgan fingerprint density at radius 2 is 1.69 bits per heavy atom. The highest BCUT2D eigenvalue weighted by atomic mass is 79.9. The Hall–Kier alpha value is -3.59. The van der Waals surface area contributed by atoms with Gasteiger partial charge in [0.15, 0.2) is 11.5 Å². The fourth-order valence-corrected chi connectivity index (χ4v) is 3.57. The molecule has 2 aromatic carbocycles. The van der Waals surface area contributed by atoms with E-state index < -0.39 is 17.8 Å². The predicted molar refractivity (Wildman–Crippen MR) is 122 cm³/mol. The number of imide groups is 2. The molecular formula is C23H21BrN2O6. The molecular weight excluding hydrogens is 480 g/mol. The zero-order chi connectivity index (χ0) is 23.1. The minimum atomic E-state index is -0.853. The number of amides is 4. The number of urea groups is 1. The molecule has 2 N–H and O–H groups in total. The Morgan fingerprint density at radius 1 is 1.00 bits per heavy atom. The molecule has 0 spiro atoms. The van der Waals surface area contributed by atoms with Crippen LogP contribution in [0.5, 0.6) is 17.2 Å². The molecule has 8 nitrogen and oxygen atoms in total. The first kappa shape index (κ1) is 23.1. The number of carbonyl (C=O) groups is 3. The van der Waals surface area contributed by atoms with E-state index in [-0.39, 0.29) is 12.2 Å². The molecule has 2 aromatic rings. The standard InChI is InChI=1S/C23H21BrN2O6/c1-3-6-15-7-4-5-8-18(15)31-9-10-32-20-17(24)12-14(13-19(20)30-2)11-16-21(27)25-23(29)26-22(16)28/h3-5,7-8,11-13H,1,6,9-10H2,2H3,(H2,25,26,27,28,29). The second-order valence-corrected chi connectivity index (χ2v) is 7.48. The van der Waals surface area contributed by atoms with Gasteiger partial charge in [0.1, 0.15) is 24.5 Å². The van der Waals surface area contributed by atoms with E-state index in [9.17, 15) is 14.4 Å². The summed E-state index contributed by atoms with van der Waals surface area (Å²) in [6, 6.07) is 10.1. The number of hydrogen-bond acceptors (Lipinski definition) is 6. The van der Waals surface area contributed by atoms with Gasteiger partial charge in [0.25, 0.3) is 11.8 Å². The summed E-state index contributed by atoms with van der Waals surface area (Å²) in [6.07, 6.45) is 3.88. The molecule has 166 valence electrons. The number of barbiturate groups is 1. The van der Waals surface area contributed by atoms with Crippen molar-refractivity contribution in [3.63, 3.8) is 0 Å². The van der Waals surface area contributed by atoms with Crippen molar-refractivity contribution in [3.8, 4) is 17.2 Å². The van der Waals surface area contributed by atoms with Gasteiger partial charge in [-0.1, -0.05) is 24.3 Å². The molecule has 1 aliphatic heterocycles. The van der Waals surface area contributed by atoms with Crippen molar-refractivity contribution in [2.75, 3.05) is 20.3 Å². The molecule has 0 saturated carbocycles. The fraction of sp³-hybridized carbons (Fsp3) is 0.174. The lowest BCUT2D eigenvalue weighted by Crippen LogP contribution is -2.51. The third-order valence-electron chi connectivity index (χ3n) is 4.43. The van der Waals surface area contributed by atoms with Gasteiger partial charge in [0.2, 0.25) is 0 Å². The zero-order valence-electron chi connectivity index (χ0n) is 17.3. The Balaban J connectivity index is 1.70. The van der Waals surface area contributed by atoms with Gasteiger partial charge in [-0.05, 0) is 57.8 Å². The van der Waals surface area contributed by atoms with Gasteiger partial charge < -0.3 is 14.2 Å². The summed E-state index contributed by atoms with van der Waals surface area (Å²) in [5.41, 5.74) is 1.35. The molecule has 3 rings (SSSR count). The lowest BCUT2D eigenvalue weighted by Gasteiger charge is -2.16. The van der Waals surface area contributed by atoms with E-state index in [1.54, 1.807) is 12.1 Å². The van der Waals surface area contributed by atoms with Crippen molar-refractivity contribution in [1.82, 2.24) is 10.6 Å². The predicted octanol–water partition coefficient (Wildman–Crippen LogP) is 3.39. The van der Waals surface area contributed by atoms with Gasteiger partial charge in [0, 0.05) is 0 Å². The van der Waals surface area contributed by atoms with Gasteiger partial charge in [-0.15, -0.1) is 6.58 Å². The van der Waals surface area contributed by atoms with Crippen LogP contribution in [0.4, 0.5) is 4.79 Å². The molecule has 1 heterocycles. The lowest BCUT2D eigenvalue weighted by molar-refractivity contribution is -0.123. The molecule has 9 heteroatoms. The van der Waals surface area contributed by atoms with Crippen LogP contribution in [0.2, 0.25) is 0 Å². The number of methoxy groups -OCH3 is 1. The van der Waals surface area contributed by atoms with Crippen molar-refractivity contribution < 1.29 is 28.6 Å². The summed E-state index contributed by atoms with van der Waals surface area (Å²) in [6.45, 7) is 4.32. The number of hydrogen-bond donors (Lipinski definition) is 2. The number of allylic oxidation sites excluding steroid dienone is 1. The van der Waals surface area contributed by atoms with Crippen LogP contribution in [-0.2, 0) is 16.0 Å². The molecule has 32 heavy (non-hydrogen) atoms. The van der Waals surface area contributed by atoms with Gasteiger partial charge in [-0.25, -0.2) is 4.79 Å². The maximum absolute atomic E-state index is 11.9. The molecule has 1 saturated heterocycles. The average molecular weight is 501 g/mol. The van der Waals surface area contributed by atoms with Gasteiger partial charge >= 0.3 is 6.03 Å². The second-order valence-electron chi connectivity index (χ2n) is 6.63. The van der Waals surface area contributed by atoms with Gasteiger partial charge in [0.05, 0.1) is 11.6 Å². The maximum Gasteiger partial charge on any atom is 0.328 e. The first-order chi connectivity index (χ1) is 15.4. The van der Waals surface area contributed by atoms with Crippen molar-refractivity contribution in [2.24, 2.45) is 0 Å². The van der Waals surface area contributed by atoms with Crippen molar-refractivity contribution in [1.29, 1.82) is 0 Å². The summed E-state index contributed by atoms with van der Waals surface area (Å²) in [4.78, 5) is 35.1. The fourth-order valence-electron chi connectivity index (χ4n) is 3.00. The van der Waals surface area contributed by atoms with Crippen LogP contribution in [0.3, 0.4) is 0 Å². The summed E-state index contributed by atoms with van der Waals surface area (Å²) in [5, 5.41) is 4.06. The van der Waals surface area contributed by atoms with Crippen LogP contribution in [-0.4, -0.2) is 38.2 Å². The Morgan fingerprint density at radius 3 is 2.38 bits per heavy atom. The summed E-state index contributed by atoms with van der Waals surface area (Å²) < 4.78 is 17.6. The molecule has 0 unspecified atom stereocenters. The third-order valence-corrected chi connectivity index (χ3v) is 5.02. The van der Waals surface area contributed by atoms with E-state index in [0.717, 1.165) is 11.3 Å². The van der Waals surface area contributed by atoms with Crippen LogP contribution in [0, 0.1) is 0 Å². The average Bonchev–Trinajstić information content (AvgIpc) is 2.75. The van der Waals surface area contributed by atoms with Crippen LogP contribution >= 0.6 is 15.9 Å². The molecule has 0 atom stereocenters. The number of ether oxygens (including phenoxy) is 3. The Bertz CT molecular complexity index is 1070. The van der Waals surface area contributed by atoms with Crippen LogP contribution in [0.1, 0.15) is 11.1 Å². The first-order valence-corrected chi connectivity index (χ1v) is 10.4. The Labute approximate surface area is 193 Å². The number of carbonyl (C=O) groups excluding carboxylic acids is 3. The van der Waals surface area contributed by atoms with E-state index in [1.165, 1.54) is 13.2 Å². The number of benzene rings is 2. The van der Waals surface area contributed by atoms with Gasteiger partial charge in [-0.2, -0.15) is 0 Å². The highest BCUT2D eigenvalue weighted by molar-refractivity contribution is 9.10. The third kappa shape index (κ3) is 5.55. The normalized spacial score (nSPS) is 13.2. The monoisotopic (exact) mass is 500 g/mol. The summed E-state index contributed by atoms with van der Waals surface area (Å²) in [7, 11) is 1.48. The zero-order valence-corrected chi connectivity index (χ0v) is 18.9. The number of nitrogens with one attached hydrogen (secondary N) is 2. The number of rotatable bonds is 9. The first-order valence-electron chi connectivity index (χ1n) is 9.63. The number of halogens is 1. The van der Waals surface area contributed by atoms with E-state index >= 15 is 0 Å². The molecule has 4 amide bonds. The summed E-state index contributed by atoms with van der Waals surface area (Å²) >= 11 is 3.43. The Kier molecular flexibility index (Phi) is 7.67. The van der Waals surface area contributed by atoms with Crippen LogP contribution in [0.15, 0.2) is 59.1 Å². The molecule has 0 aromatic heterocycles. The molecule has 0 bridgehead atoms. The quantitative estimate of drug-likeness (QED) is 0.236. The highest BCUT2D eigenvalue weighted by Gasteiger charge is 2.27. The van der Waals surface area contributed by atoms with Gasteiger partial charge in [-0.3, -0.25) is 20.2 Å². The largest absolute Gasteiger partial charge is 0.493 e. The molecule has 1 fully saturated rings. The second kappa shape index (κ2) is 10.6. The number of para-hydroxylation sites is 1. The van der Waals surface area contributed by atoms with E-state index in [0.29, 0.717) is 34.6 Å². The highest BCUT2D eigenvalue weighted by Crippen LogP contribution is 2.37. The van der Waals surface area contributed by atoms with Crippen molar-refractivity contribution >= 4 is 39.9 Å². The van der Waals surface area contributed by atoms with E-state index in [4.69, 9.17) is 14.2 Å².